The molecule has 0 saturated carbocycles. The van der Waals surface area contributed by atoms with E-state index in [-0.39, 0.29) is 29.1 Å². The van der Waals surface area contributed by atoms with Gasteiger partial charge in [0, 0.05) is 12.1 Å². The molecule has 0 atom stereocenters. The number of methoxy groups -OCH3 is 1. The number of amides is 2. The van der Waals surface area contributed by atoms with Gasteiger partial charge < -0.3 is 20.5 Å². The molecule has 0 radical (unpaired) electrons. The minimum absolute atomic E-state index is 0.0620. The molecule has 9 heteroatoms. The molecule has 156 valence electrons. The van der Waals surface area contributed by atoms with Crippen LogP contribution in [-0.2, 0) is 6.42 Å². The molecular weight excluding hydrogens is 452 g/mol. The van der Waals surface area contributed by atoms with E-state index >= 15 is 0 Å². The average Bonchev–Trinajstić information content (AvgIpc) is 3.09. The number of benzene rings is 2. The summed E-state index contributed by atoms with van der Waals surface area (Å²) >= 11 is 3.32. The summed E-state index contributed by atoms with van der Waals surface area (Å²) in [5, 5.41) is 21.8. The second kappa shape index (κ2) is 9.45. The van der Waals surface area contributed by atoms with Crippen molar-refractivity contribution in [3.63, 3.8) is 0 Å². The monoisotopic (exact) mass is 472 g/mol. The number of anilines is 1. The van der Waals surface area contributed by atoms with Crippen molar-refractivity contribution in [1.29, 1.82) is 0 Å². The smallest absolute Gasteiger partial charge is 0.270 e. The number of aryl methyl sites for hydroxylation is 1. The van der Waals surface area contributed by atoms with Crippen LogP contribution in [0.4, 0.5) is 5.82 Å². The normalized spacial score (nSPS) is 10.5. The summed E-state index contributed by atoms with van der Waals surface area (Å²) < 4.78 is 5.45. The second-order valence-electron chi connectivity index (χ2n) is 6.54. The molecule has 0 fully saturated rings. The number of carbonyl (C=O) groups is 2. The van der Waals surface area contributed by atoms with E-state index in [9.17, 15) is 14.7 Å². The van der Waals surface area contributed by atoms with E-state index in [1.807, 2.05) is 19.1 Å². The number of aromatic hydroxyl groups is 1. The van der Waals surface area contributed by atoms with Crippen molar-refractivity contribution >= 4 is 33.6 Å². The van der Waals surface area contributed by atoms with Crippen LogP contribution in [-0.4, -0.2) is 40.8 Å². The van der Waals surface area contributed by atoms with E-state index in [0.29, 0.717) is 28.8 Å². The lowest BCUT2D eigenvalue weighted by atomic mass is 10.1. The molecular formula is C21H21BrN4O4. The van der Waals surface area contributed by atoms with Gasteiger partial charge in [-0.1, -0.05) is 24.3 Å². The highest BCUT2D eigenvalue weighted by Crippen LogP contribution is 2.27. The number of H-pyrrole nitrogens is 1. The van der Waals surface area contributed by atoms with Crippen molar-refractivity contribution in [2.45, 2.75) is 13.3 Å². The summed E-state index contributed by atoms with van der Waals surface area (Å²) in [7, 11) is 1.48. The molecule has 1 heterocycles. The van der Waals surface area contributed by atoms with E-state index in [1.54, 1.807) is 30.3 Å². The van der Waals surface area contributed by atoms with Crippen LogP contribution in [0.25, 0.3) is 0 Å². The summed E-state index contributed by atoms with van der Waals surface area (Å²) in [6, 6.07) is 12.2. The zero-order valence-electron chi connectivity index (χ0n) is 16.5. The van der Waals surface area contributed by atoms with Gasteiger partial charge in [0.15, 0.2) is 17.3 Å². The quantitative estimate of drug-likeness (QED) is 0.420. The molecule has 2 amide bonds. The van der Waals surface area contributed by atoms with Crippen LogP contribution >= 0.6 is 15.9 Å². The number of nitrogens with one attached hydrogen (secondary N) is 3. The molecule has 0 spiro atoms. The first-order valence-corrected chi connectivity index (χ1v) is 9.95. The maximum atomic E-state index is 12.5. The summed E-state index contributed by atoms with van der Waals surface area (Å²) in [5.74, 6) is -0.00200. The number of ether oxygens (including phenoxy) is 1. The van der Waals surface area contributed by atoms with Gasteiger partial charge >= 0.3 is 0 Å². The van der Waals surface area contributed by atoms with Crippen LogP contribution in [0.1, 0.15) is 32.0 Å². The summed E-state index contributed by atoms with van der Waals surface area (Å²) in [5.41, 5.74) is 2.48. The number of rotatable bonds is 7. The van der Waals surface area contributed by atoms with E-state index in [4.69, 9.17) is 4.74 Å². The van der Waals surface area contributed by atoms with Gasteiger partial charge in [0.25, 0.3) is 11.8 Å². The molecule has 0 saturated heterocycles. The van der Waals surface area contributed by atoms with Crippen molar-refractivity contribution in [3.8, 4) is 11.5 Å². The number of halogens is 1. The number of phenolic OH excluding ortho intramolecular Hbond substituents is 1. The van der Waals surface area contributed by atoms with Crippen molar-refractivity contribution in [1.82, 2.24) is 15.5 Å². The Balaban J connectivity index is 1.60. The zero-order valence-corrected chi connectivity index (χ0v) is 18.0. The maximum absolute atomic E-state index is 12.5. The molecule has 30 heavy (non-hydrogen) atoms. The second-order valence-corrected chi connectivity index (χ2v) is 7.34. The van der Waals surface area contributed by atoms with Gasteiger partial charge in [0.2, 0.25) is 0 Å². The lowest BCUT2D eigenvalue weighted by molar-refractivity contribution is 0.0947. The average molecular weight is 473 g/mol. The molecule has 0 unspecified atom stereocenters. The van der Waals surface area contributed by atoms with E-state index in [2.05, 4.69) is 36.8 Å². The SMILES string of the molecule is COc1cc(CCNC(=O)c2[nH]nc(NC(=O)c3ccccc3C)c2Br)ccc1O. The van der Waals surface area contributed by atoms with Gasteiger partial charge in [0.1, 0.15) is 5.69 Å². The molecule has 1 aromatic heterocycles. The van der Waals surface area contributed by atoms with Crippen LogP contribution in [0, 0.1) is 6.92 Å². The Morgan fingerprint density at radius 2 is 1.97 bits per heavy atom. The first-order valence-electron chi connectivity index (χ1n) is 9.15. The molecule has 3 rings (SSSR count). The lowest BCUT2D eigenvalue weighted by Crippen LogP contribution is -2.26. The Morgan fingerprint density at radius 1 is 1.20 bits per heavy atom. The fourth-order valence-corrected chi connectivity index (χ4v) is 3.31. The first-order chi connectivity index (χ1) is 14.4. The van der Waals surface area contributed by atoms with Crippen molar-refractivity contribution < 1.29 is 19.4 Å². The molecule has 0 aliphatic carbocycles. The van der Waals surface area contributed by atoms with Gasteiger partial charge in [-0.25, -0.2) is 0 Å². The summed E-state index contributed by atoms with van der Waals surface area (Å²) in [6.07, 6.45) is 0.547. The van der Waals surface area contributed by atoms with Gasteiger partial charge in [-0.3, -0.25) is 14.7 Å². The number of carbonyl (C=O) groups excluding carboxylic acids is 2. The van der Waals surface area contributed by atoms with Crippen LogP contribution in [0.2, 0.25) is 0 Å². The number of phenols is 1. The standard InChI is InChI=1S/C21H21BrN4O4/c1-12-5-3-4-6-14(12)20(28)24-19-17(22)18(25-26-19)21(29)23-10-9-13-7-8-15(27)16(11-13)30-2/h3-8,11,27H,9-10H2,1-2H3,(H,23,29)(H2,24,25,26,28). The highest BCUT2D eigenvalue weighted by atomic mass is 79.9. The fourth-order valence-electron chi connectivity index (χ4n) is 2.85. The summed E-state index contributed by atoms with van der Waals surface area (Å²) in [6.45, 7) is 2.21. The molecule has 8 nitrogen and oxygen atoms in total. The van der Waals surface area contributed by atoms with Crippen LogP contribution in [0.3, 0.4) is 0 Å². The third kappa shape index (κ3) is 4.80. The van der Waals surface area contributed by atoms with Gasteiger partial charge in [0.05, 0.1) is 11.6 Å². The van der Waals surface area contributed by atoms with E-state index in [1.165, 1.54) is 7.11 Å². The molecule has 4 N–H and O–H groups in total. The van der Waals surface area contributed by atoms with Crippen molar-refractivity contribution in [3.05, 3.63) is 69.3 Å². The number of hydrogen-bond donors (Lipinski definition) is 4. The number of hydrogen-bond acceptors (Lipinski definition) is 5. The van der Waals surface area contributed by atoms with Gasteiger partial charge in [-0.05, 0) is 58.6 Å². The van der Waals surface area contributed by atoms with Crippen molar-refractivity contribution in [2.24, 2.45) is 0 Å². The third-order valence-corrected chi connectivity index (χ3v) is 5.27. The molecule has 3 aromatic rings. The predicted molar refractivity (Wildman–Crippen MR) is 116 cm³/mol. The number of aromatic amines is 1. The van der Waals surface area contributed by atoms with Crippen LogP contribution in [0.15, 0.2) is 46.9 Å². The Bertz CT molecular complexity index is 1080. The maximum Gasteiger partial charge on any atom is 0.270 e. The number of nitrogens with zero attached hydrogens (tertiary/aromatic N) is 1. The van der Waals surface area contributed by atoms with Crippen LogP contribution in [0.5, 0.6) is 11.5 Å². The Kier molecular flexibility index (Phi) is 6.73. The highest BCUT2D eigenvalue weighted by Gasteiger charge is 2.19. The minimum Gasteiger partial charge on any atom is -0.504 e. The molecule has 2 aromatic carbocycles. The Hall–Kier alpha value is -3.33. The zero-order chi connectivity index (χ0) is 21.7. The van der Waals surface area contributed by atoms with Gasteiger partial charge in [-0.2, -0.15) is 5.10 Å². The Labute approximate surface area is 181 Å². The highest BCUT2D eigenvalue weighted by molar-refractivity contribution is 9.10. The van der Waals surface area contributed by atoms with Crippen molar-refractivity contribution in [2.75, 3.05) is 19.0 Å². The minimum atomic E-state index is -0.364. The molecule has 0 bridgehead atoms. The predicted octanol–water partition coefficient (Wildman–Crippen LogP) is 3.42. The fraction of sp³-hybridized carbons (Fsp3) is 0.190. The third-order valence-electron chi connectivity index (χ3n) is 4.50. The van der Waals surface area contributed by atoms with Crippen LogP contribution < -0.4 is 15.4 Å². The van der Waals surface area contributed by atoms with Gasteiger partial charge in [-0.15, -0.1) is 0 Å². The largest absolute Gasteiger partial charge is 0.504 e. The lowest BCUT2D eigenvalue weighted by Gasteiger charge is -2.08. The topological polar surface area (TPSA) is 116 Å². The molecule has 0 aliphatic heterocycles. The summed E-state index contributed by atoms with van der Waals surface area (Å²) in [4.78, 5) is 24.9. The number of aromatic nitrogens is 2. The first kappa shape index (κ1) is 21.4. The Morgan fingerprint density at radius 3 is 2.70 bits per heavy atom. The van der Waals surface area contributed by atoms with E-state index < -0.39 is 0 Å². The molecule has 0 aliphatic rings. The van der Waals surface area contributed by atoms with E-state index in [0.717, 1.165) is 11.1 Å².